The van der Waals surface area contributed by atoms with Crippen LogP contribution >= 0.6 is 0 Å². The number of nitrogens with zero attached hydrogens (tertiary/aromatic N) is 3. The Labute approximate surface area is 226 Å². The van der Waals surface area contributed by atoms with Crippen LogP contribution in [-0.2, 0) is 9.31 Å². The van der Waals surface area contributed by atoms with Crippen LogP contribution in [0.3, 0.4) is 0 Å². The highest BCUT2D eigenvalue weighted by Gasteiger charge is 2.51. The summed E-state index contributed by atoms with van der Waals surface area (Å²) in [6.07, 6.45) is 0.302. The first-order valence-corrected chi connectivity index (χ1v) is 13.3. The average Bonchev–Trinajstić information content (AvgIpc) is 3.11. The first kappa shape index (κ1) is 27.9. The van der Waals surface area contributed by atoms with E-state index in [1.54, 1.807) is 13.8 Å². The fraction of sp³-hybridized carbons (Fsp3) is 0.500. The van der Waals surface area contributed by atoms with Crippen molar-refractivity contribution in [3.63, 3.8) is 0 Å². The highest BCUT2D eigenvalue weighted by Crippen LogP contribution is 2.36. The molecular weight excluding hydrogens is 481 g/mol. The maximum Gasteiger partial charge on any atom is 0.494 e. The quantitative estimate of drug-likeness (QED) is 0.294. The van der Waals surface area contributed by atoms with Gasteiger partial charge in [0.1, 0.15) is 0 Å². The van der Waals surface area contributed by atoms with Gasteiger partial charge in [-0.15, -0.1) is 0 Å². The molecule has 2 saturated heterocycles. The predicted octanol–water partition coefficient (Wildman–Crippen LogP) is 3.20. The van der Waals surface area contributed by atoms with Gasteiger partial charge in [0.15, 0.2) is 0 Å². The second kappa shape index (κ2) is 11.0. The molecule has 2 fully saturated rings. The third-order valence-corrected chi connectivity index (χ3v) is 7.98. The van der Waals surface area contributed by atoms with E-state index in [1.807, 2.05) is 24.3 Å². The maximum absolute atomic E-state index is 12.5. The Kier molecular flexibility index (Phi) is 8.06. The largest absolute Gasteiger partial charge is 0.494 e. The van der Waals surface area contributed by atoms with E-state index >= 15 is 0 Å². The lowest BCUT2D eigenvalue weighted by atomic mass is 9.79. The molecule has 38 heavy (non-hydrogen) atoms. The summed E-state index contributed by atoms with van der Waals surface area (Å²) in [7, 11) is -0.356. The zero-order valence-electron chi connectivity index (χ0n) is 23.3. The number of aliphatic hydroxyl groups is 1. The van der Waals surface area contributed by atoms with E-state index in [2.05, 4.69) is 67.1 Å². The first-order chi connectivity index (χ1) is 17.9. The van der Waals surface area contributed by atoms with Gasteiger partial charge in [-0.25, -0.2) is 4.79 Å². The van der Waals surface area contributed by atoms with Gasteiger partial charge in [0.25, 0.3) is 0 Å². The number of carbonyl (C=O) groups is 1. The van der Waals surface area contributed by atoms with Gasteiger partial charge in [-0.2, -0.15) is 0 Å². The molecule has 10 heteroatoms. The second-order valence-electron chi connectivity index (χ2n) is 11.1. The first-order valence-electron chi connectivity index (χ1n) is 13.3. The van der Waals surface area contributed by atoms with E-state index in [1.165, 1.54) is 10.6 Å². The molecule has 0 saturated carbocycles. The number of anilines is 3. The van der Waals surface area contributed by atoms with Crippen LogP contribution in [-0.4, -0.2) is 74.1 Å². The maximum atomic E-state index is 12.5. The van der Waals surface area contributed by atoms with Gasteiger partial charge in [0.2, 0.25) is 0 Å². The predicted molar refractivity (Wildman–Crippen MR) is 154 cm³/mol. The minimum absolute atomic E-state index is 0.355. The summed E-state index contributed by atoms with van der Waals surface area (Å²) in [5.41, 5.74) is 3.17. The lowest BCUT2D eigenvalue weighted by Gasteiger charge is -2.37. The van der Waals surface area contributed by atoms with Gasteiger partial charge in [0, 0.05) is 37.6 Å². The van der Waals surface area contributed by atoms with Gasteiger partial charge < -0.3 is 29.5 Å². The molecule has 2 aliphatic rings. The van der Waals surface area contributed by atoms with Crippen molar-refractivity contribution >= 4 is 42.0 Å². The molecule has 2 aliphatic heterocycles. The van der Waals surface area contributed by atoms with Crippen molar-refractivity contribution in [3.8, 4) is 0 Å². The average molecular weight is 521 g/mol. The number of aliphatic hydroxyl groups excluding tert-OH is 1. The Morgan fingerprint density at radius 2 is 1.39 bits per heavy atom. The number of amides is 2. The van der Waals surface area contributed by atoms with Crippen molar-refractivity contribution in [1.29, 1.82) is 5.41 Å². The molecule has 9 nitrogen and oxygen atoms in total. The van der Waals surface area contributed by atoms with Crippen LogP contribution in [0.15, 0.2) is 48.5 Å². The Balaban J connectivity index is 1.33. The normalized spacial score (nSPS) is 20.1. The molecule has 2 aromatic carbocycles. The van der Waals surface area contributed by atoms with Crippen molar-refractivity contribution in [2.75, 3.05) is 40.9 Å². The van der Waals surface area contributed by atoms with Crippen LogP contribution in [0.4, 0.5) is 21.9 Å². The van der Waals surface area contributed by atoms with E-state index in [-0.39, 0.29) is 18.3 Å². The summed E-state index contributed by atoms with van der Waals surface area (Å²) in [5, 5.41) is 20.0. The van der Waals surface area contributed by atoms with Gasteiger partial charge in [-0.05, 0) is 83.4 Å². The number of hydrogen-bond donors (Lipinski definition) is 3. The van der Waals surface area contributed by atoms with Crippen molar-refractivity contribution < 1.29 is 19.2 Å². The fourth-order valence-corrected chi connectivity index (χ4v) is 4.50. The number of rotatable bonds is 7. The summed E-state index contributed by atoms with van der Waals surface area (Å²) >= 11 is 0. The van der Waals surface area contributed by atoms with E-state index < -0.39 is 18.2 Å². The number of hydrogen-bond acceptors (Lipinski definition) is 7. The Morgan fingerprint density at radius 1 is 0.947 bits per heavy atom. The topological polar surface area (TPSA) is 101 Å². The number of benzene rings is 2. The van der Waals surface area contributed by atoms with Crippen molar-refractivity contribution in [2.24, 2.45) is 0 Å². The molecular formula is C28H40BN5O4. The zero-order chi connectivity index (χ0) is 27.7. The zero-order valence-corrected chi connectivity index (χ0v) is 23.3. The van der Waals surface area contributed by atoms with Gasteiger partial charge in [-0.1, -0.05) is 12.1 Å². The molecule has 0 aliphatic carbocycles. The van der Waals surface area contributed by atoms with Crippen molar-refractivity contribution in [3.05, 3.63) is 48.5 Å². The molecule has 2 atom stereocenters. The molecule has 0 bridgehead atoms. The third kappa shape index (κ3) is 5.82. The Hall–Kier alpha value is -3.08. The fourth-order valence-electron chi connectivity index (χ4n) is 4.50. The SMILES string of the molecule is CC(O)C(C)NC(=O)N(C=N)c1ccc(N2CCN(c3ccc(B4OC(C)(C)C(C)(C)O4)cc3)CC2)cc1. The second-order valence-corrected chi connectivity index (χ2v) is 11.1. The highest BCUT2D eigenvalue weighted by molar-refractivity contribution is 6.62. The lowest BCUT2D eigenvalue weighted by molar-refractivity contribution is 0.00578. The molecule has 4 rings (SSSR count). The van der Waals surface area contributed by atoms with E-state index in [0.717, 1.165) is 43.7 Å². The summed E-state index contributed by atoms with van der Waals surface area (Å²) in [4.78, 5) is 18.5. The number of carbonyl (C=O) groups excluding carboxylic acids is 1. The molecule has 0 radical (unpaired) electrons. The van der Waals surface area contributed by atoms with Crippen LogP contribution in [0.25, 0.3) is 0 Å². The molecule has 2 amide bonds. The van der Waals surface area contributed by atoms with E-state index in [0.29, 0.717) is 5.69 Å². The Morgan fingerprint density at radius 3 is 1.82 bits per heavy atom. The van der Waals surface area contributed by atoms with Gasteiger partial charge >= 0.3 is 13.1 Å². The Bertz CT molecular complexity index is 1100. The molecule has 2 heterocycles. The molecule has 2 unspecified atom stereocenters. The van der Waals surface area contributed by atoms with Crippen LogP contribution < -0.4 is 25.5 Å². The lowest BCUT2D eigenvalue weighted by Crippen LogP contribution is -2.47. The van der Waals surface area contributed by atoms with Gasteiger partial charge in [0.05, 0.1) is 35.4 Å². The summed E-state index contributed by atoms with van der Waals surface area (Å²) in [6, 6.07) is 15.2. The number of piperazine rings is 1. The minimum Gasteiger partial charge on any atom is -0.399 e. The number of nitrogens with one attached hydrogen (secondary N) is 2. The van der Waals surface area contributed by atoms with Crippen LogP contribution in [0, 0.1) is 5.41 Å². The van der Waals surface area contributed by atoms with Crippen LogP contribution in [0.1, 0.15) is 41.5 Å². The van der Waals surface area contributed by atoms with E-state index in [9.17, 15) is 9.90 Å². The van der Waals surface area contributed by atoms with Crippen LogP contribution in [0.2, 0.25) is 0 Å². The molecule has 2 aromatic rings. The van der Waals surface area contributed by atoms with Gasteiger partial charge in [-0.3, -0.25) is 10.3 Å². The monoisotopic (exact) mass is 521 g/mol. The highest BCUT2D eigenvalue weighted by atomic mass is 16.7. The van der Waals surface area contributed by atoms with E-state index in [4.69, 9.17) is 14.7 Å². The number of urea groups is 1. The summed E-state index contributed by atoms with van der Waals surface area (Å²) < 4.78 is 12.4. The third-order valence-electron chi connectivity index (χ3n) is 7.98. The minimum atomic E-state index is -0.680. The van der Waals surface area contributed by atoms with Crippen LogP contribution in [0.5, 0.6) is 0 Å². The molecule has 3 N–H and O–H groups in total. The summed E-state index contributed by atoms with van der Waals surface area (Å²) in [5.74, 6) is 0. The summed E-state index contributed by atoms with van der Waals surface area (Å²) in [6.45, 7) is 15.1. The van der Waals surface area contributed by atoms with Crippen molar-refractivity contribution in [1.82, 2.24) is 5.32 Å². The smallest absolute Gasteiger partial charge is 0.399 e. The molecule has 0 spiro atoms. The van der Waals surface area contributed by atoms with Crippen molar-refractivity contribution in [2.45, 2.75) is 64.9 Å². The molecule has 0 aromatic heterocycles. The standard InChI is InChI=1S/C28H40BN5O4/c1-20(21(2)35)31-26(36)34(19-30)25-13-11-24(12-14-25)33-17-15-32(16-18-33)23-9-7-22(8-10-23)29-37-27(3,4)28(5,6)38-29/h7-14,19-21,30,35H,15-18H2,1-6H3,(H,31,36). The molecule has 204 valence electrons.